The summed E-state index contributed by atoms with van der Waals surface area (Å²) in [5.74, 6) is -0.113. The first kappa shape index (κ1) is 15.5. The maximum absolute atomic E-state index is 12.7. The smallest absolute Gasteiger partial charge is 0.270 e. The van der Waals surface area contributed by atoms with Gasteiger partial charge in [0.2, 0.25) is 0 Å². The first-order chi connectivity index (χ1) is 9.84. The molecule has 0 aliphatic carbocycles. The predicted octanol–water partition coefficient (Wildman–Crippen LogP) is 3.73. The first-order valence-electron chi connectivity index (χ1n) is 6.85. The van der Waals surface area contributed by atoms with Crippen LogP contribution in [-0.2, 0) is 0 Å². The Kier molecular flexibility index (Phi) is 4.32. The van der Waals surface area contributed by atoms with Crippen LogP contribution in [0.1, 0.15) is 56.9 Å². The highest BCUT2D eigenvalue weighted by atomic mass is 32.1. The van der Waals surface area contributed by atoms with Crippen molar-refractivity contribution < 1.29 is 9.59 Å². The molecule has 1 amide bonds. The molecule has 0 spiro atoms. The largest absolute Gasteiger partial charge is 0.354 e. The zero-order chi connectivity index (χ0) is 15.7. The Morgan fingerprint density at radius 3 is 2.48 bits per heavy atom. The van der Waals surface area contributed by atoms with Crippen LogP contribution in [0, 0.1) is 13.8 Å². The van der Waals surface area contributed by atoms with E-state index in [1.165, 1.54) is 6.92 Å². The van der Waals surface area contributed by atoms with Gasteiger partial charge in [0, 0.05) is 23.2 Å². The normalized spacial score (nSPS) is 12.2. The van der Waals surface area contributed by atoms with Crippen LogP contribution >= 0.6 is 11.3 Å². The summed E-state index contributed by atoms with van der Waals surface area (Å²) in [6.07, 6.45) is 0. The Morgan fingerprint density at radius 1 is 1.33 bits per heavy atom. The SMILES string of the molecule is CC(=O)c1c(C)[nH]c(C(=O)N(C)[C@@H](C)c2cccs2)c1C. The number of ketones is 1. The molecule has 5 heteroatoms. The average molecular weight is 304 g/mol. The van der Waals surface area contributed by atoms with Crippen LogP contribution in [-0.4, -0.2) is 28.6 Å². The fourth-order valence-corrected chi connectivity index (χ4v) is 3.39. The second kappa shape index (κ2) is 5.85. The molecule has 2 aromatic heterocycles. The van der Waals surface area contributed by atoms with E-state index in [1.54, 1.807) is 23.3 Å². The molecule has 0 aliphatic heterocycles. The number of nitrogens with zero attached hydrogens (tertiary/aromatic N) is 1. The summed E-state index contributed by atoms with van der Waals surface area (Å²) < 4.78 is 0. The fourth-order valence-electron chi connectivity index (χ4n) is 2.56. The summed E-state index contributed by atoms with van der Waals surface area (Å²) in [6.45, 7) is 7.16. The molecular formula is C16H20N2O2S. The van der Waals surface area contributed by atoms with Crippen molar-refractivity contribution in [2.45, 2.75) is 33.7 Å². The minimum absolute atomic E-state index is 0.00119. The van der Waals surface area contributed by atoms with Crippen molar-refractivity contribution in [1.82, 2.24) is 9.88 Å². The van der Waals surface area contributed by atoms with Gasteiger partial charge in [-0.1, -0.05) is 6.07 Å². The van der Waals surface area contributed by atoms with Crippen LogP contribution in [0.5, 0.6) is 0 Å². The molecule has 2 heterocycles. The number of hydrogen-bond donors (Lipinski definition) is 1. The van der Waals surface area contributed by atoms with Crippen LogP contribution in [0.2, 0.25) is 0 Å². The molecular weight excluding hydrogens is 284 g/mol. The van der Waals surface area contributed by atoms with Gasteiger partial charge in [0.25, 0.3) is 5.91 Å². The molecule has 4 nitrogen and oxygen atoms in total. The quantitative estimate of drug-likeness (QED) is 0.875. The number of amides is 1. The lowest BCUT2D eigenvalue weighted by atomic mass is 10.1. The van der Waals surface area contributed by atoms with Crippen molar-refractivity contribution in [2.75, 3.05) is 7.05 Å². The molecule has 1 atom stereocenters. The molecule has 0 saturated heterocycles. The molecule has 0 fully saturated rings. The Bertz CT molecular complexity index is 671. The lowest BCUT2D eigenvalue weighted by Crippen LogP contribution is -2.30. The number of carbonyl (C=O) groups is 2. The monoisotopic (exact) mass is 304 g/mol. The third kappa shape index (κ3) is 2.78. The third-order valence-corrected chi connectivity index (χ3v) is 4.90. The van der Waals surface area contributed by atoms with Crippen molar-refractivity contribution in [1.29, 1.82) is 0 Å². The van der Waals surface area contributed by atoms with E-state index in [-0.39, 0.29) is 17.7 Å². The van der Waals surface area contributed by atoms with Gasteiger partial charge >= 0.3 is 0 Å². The van der Waals surface area contributed by atoms with Crippen molar-refractivity contribution in [3.8, 4) is 0 Å². The molecule has 1 N–H and O–H groups in total. The van der Waals surface area contributed by atoms with Crippen LogP contribution in [0.15, 0.2) is 17.5 Å². The van der Waals surface area contributed by atoms with E-state index < -0.39 is 0 Å². The summed E-state index contributed by atoms with van der Waals surface area (Å²) >= 11 is 1.63. The lowest BCUT2D eigenvalue weighted by Gasteiger charge is -2.24. The number of hydrogen-bond acceptors (Lipinski definition) is 3. The van der Waals surface area contributed by atoms with Crippen molar-refractivity contribution in [3.63, 3.8) is 0 Å². The Balaban J connectivity index is 2.32. The van der Waals surface area contributed by atoms with Gasteiger partial charge in [-0.2, -0.15) is 0 Å². The minimum atomic E-state index is -0.0935. The third-order valence-electron chi connectivity index (χ3n) is 3.86. The highest BCUT2D eigenvalue weighted by Gasteiger charge is 2.25. The number of rotatable bonds is 4. The van der Waals surface area contributed by atoms with Crippen LogP contribution < -0.4 is 0 Å². The van der Waals surface area contributed by atoms with E-state index in [0.29, 0.717) is 11.3 Å². The Morgan fingerprint density at radius 2 is 2.00 bits per heavy atom. The molecule has 2 rings (SSSR count). The van der Waals surface area contributed by atoms with Gasteiger partial charge in [-0.15, -0.1) is 11.3 Å². The van der Waals surface area contributed by atoms with Crippen molar-refractivity contribution >= 4 is 23.0 Å². The zero-order valence-electron chi connectivity index (χ0n) is 13.0. The number of H-pyrrole nitrogens is 1. The zero-order valence-corrected chi connectivity index (χ0v) is 13.8. The maximum Gasteiger partial charge on any atom is 0.270 e. The van der Waals surface area contributed by atoms with E-state index in [4.69, 9.17) is 0 Å². The van der Waals surface area contributed by atoms with Gasteiger partial charge in [0.15, 0.2) is 5.78 Å². The molecule has 112 valence electrons. The number of aryl methyl sites for hydroxylation is 1. The lowest BCUT2D eigenvalue weighted by molar-refractivity contribution is 0.0739. The second-order valence-electron chi connectivity index (χ2n) is 5.29. The number of nitrogens with one attached hydrogen (secondary N) is 1. The number of aromatic nitrogens is 1. The maximum atomic E-state index is 12.7. The summed E-state index contributed by atoms with van der Waals surface area (Å²) in [4.78, 5) is 30.3. The molecule has 0 bridgehead atoms. The minimum Gasteiger partial charge on any atom is -0.354 e. The van der Waals surface area contributed by atoms with Crippen LogP contribution in [0.25, 0.3) is 0 Å². The van der Waals surface area contributed by atoms with Crippen LogP contribution in [0.4, 0.5) is 0 Å². The Labute approximate surface area is 128 Å². The molecule has 0 saturated carbocycles. The number of aromatic amines is 1. The van der Waals surface area contributed by atoms with Gasteiger partial charge in [-0.3, -0.25) is 9.59 Å². The molecule has 0 aliphatic rings. The van der Waals surface area contributed by atoms with Crippen molar-refractivity contribution in [2.24, 2.45) is 0 Å². The molecule has 2 aromatic rings. The van der Waals surface area contributed by atoms with Gasteiger partial charge in [0.05, 0.1) is 6.04 Å². The first-order valence-corrected chi connectivity index (χ1v) is 7.73. The summed E-state index contributed by atoms with van der Waals surface area (Å²) in [5, 5.41) is 2.00. The second-order valence-corrected chi connectivity index (χ2v) is 6.27. The average Bonchev–Trinajstić information content (AvgIpc) is 3.04. The van der Waals surface area contributed by atoms with E-state index in [9.17, 15) is 9.59 Å². The molecule has 0 unspecified atom stereocenters. The van der Waals surface area contributed by atoms with Gasteiger partial charge in [-0.05, 0) is 44.7 Å². The van der Waals surface area contributed by atoms with Gasteiger partial charge in [0.1, 0.15) is 5.69 Å². The van der Waals surface area contributed by atoms with Crippen LogP contribution in [0.3, 0.4) is 0 Å². The van der Waals surface area contributed by atoms with Crippen molar-refractivity contribution in [3.05, 3.63) is 44.9 Å². The predicted molar refractivity (Wildman–Crippen MR) is 85.1 cm³/mol. The molecule has 0 aromatic carbocycles. The highest BCUT2D eigenvalue weighted by molar-refractivity contribution is 7.10. The molecule has 21 heavy (non-hydrogen) atoms. The van der Waals surface area contributed by atoms with Gasteiger partial charge < -0.3 is 9.88 Å². The standard InChI is InChI=1S/C16H20N2O2S/c1-9-14(12(4)19)10(2)17-15(9)16(20)18(5)11(3)13-7-6-8-21-13/h6-8,11,17H,1-5H3/t11-/m0/s1. The topological polar surface area (TPSA) is 53.2 Å². The summed E-state index contributed by atoms with van der Waals surface area (Å²) in [5.41, 5.74) is 2.61. The number of carbonyl (C=O) groups excluding carboxylic acids is 2. The van der Waals surface area contributed by atoms with E-state index in [0.717, 1.165) is 16.1 Å². The number of Topliss-reactive ketones (excluding diaryl/α,β-unsaturated/α-hetero) is 1. The Hall–Kier alpha value is -1.88. The summed E-state index contributed by atoms with van der Waals surface area (Å²) in [7, 11) is 1.79. The number of thiophene rings is 1. The van der Waals surface area contributed by atoms with Gasteiger partial charge in [-0.25, -0.2) is 0 Å². The van der Waals surface area contributed by atoms with E-state index >= 15 is 0 Å². The van der Waals surface area contributed by atoms with E-state index in [2.05, 4.69) is 4.98 Å². The highest BCUT2D eigenvalue weighted by Crippen LogP contribution is 2.26. The molecule has 0 radical (unpaired) electrons. The van der Waals surface area contributed by atoms with E-state index in [1.807, 2.05) is 38.3 Å². The fraction of sp³-hybridized carbons (Fsp3) is 0.375. The summed E-state index contributed by atoms with van der Waals surface area (Å²) in [6, 6.07) is 4.00.